The van der Waals surface area contributed by atoms with Gasteiger partial charge in [-0.15, -0.1) is 0 Å². The molecule has 0 aliphatic heterocycles. The van der Waals surface area contributed by atoms with Gasteiger partial charge in [-0.2, -0.15) is 0 Å². The molecule has 1 rings (SSSR count). The maximum absolute atomic E-state index is 8.63. The predicted octanol–water partition coefficient (Wildman–Crippen LogP) is 2.92. The molecule has 0 bridgehead atoms. The number of hydrogen-bond acceptors (Lipinski definition) is 3. The van der Waals surface area contributed by atoms with Crippen LogP contribution in [0.1, 0.15) is 19.3 Å². The maximum Gasteiger partial charge on any atom is 0.139 e. The Kier molecular flexibility index (Phi) is 6.04. The molecule has 0 amide bonds. The minimum absolute atomic E-state index is 0.273. The summed E-state index contributed by atoms with van der Waals surface area (Å²) in [6.45, 7) is 1.17. The van der Waals surface area contributed by atoms with Crippen LogP contribution >= 0.6 is 11.6 Å². The summed E-state index contributed by atoms with van der Waals surface area (Å²) in [5.74, 6) is 0.682. The molecule has 0 saturated heterocycles. The molecule has 0 aliphatic carbocycles. The normalized spacial score (nSPS) is 10.2. The second-order valence-electron chi connectivity index (χ2n) is 3.56. The van der Waals surface area contributed by atoms with E-state index in [-0.39, 0.29) is 6.61 Å². The highest BCUT2D eigenvalue weighted by molar-refractivity contribution is 6.32. The van der Waals surface area contributed by atoms with Crippen LogP contribution in [0, 0.1) is 0 Å². The lowest BCUT2D eigenvalue weighted by Crippen LogP contribution is -2.02. The Morgan fingerprint density at radius 2 is 2.12 bits per heavy atom. The van der Waals surface area contributed by atoms with Gasteiger partial charge in [-0.1, -0.05) is 11.6 Å². The van der Waals surface area contributed by atoms with Gasteiger partial charge in [0.05, 0.1) is 12.1 Å². The van der Waals surface area contributed by atoms with Crippen molar-refractivity contribution in [2.24, 2.45) is 0 Å². The molecule has 0 radical (unpaired) electrons. The molecule has 90 valence electrons. The molecule has 0 saturated carbocycles. The molecule has 2 N–H and O–H groups in total. The van der Waals surface area contributed by atoms with E-state index in [1.54, 1.807) is 7.11 Å². The largest absolute Gasteiger partial charge is 0.495 e. The fourth-order valence-corrected chi connectivity index (χ4v) is 1.61. The number of aliphatic hydroxyl groups excluding tert-OH is 1. The van der Waals surface area contributed by atoms with Crippen LogP contribution in [0.5, 0.6) is 5.75 Å². The molecule has 4 heteroatoms. The number of hydrogen-bond donors (Lipinski definition) is 2. The van der Waals surface area contributed by atoms with E-state index in [9.17, 15) is 0 Å². The summed E-state index contributed by atoms with van der Waals surface area (Å²) in [7, 11) is 1.60. The van der Waals surface area contributed by atoms with Crippen LogP contribution in [0.2, 0.25) is 5.02 Å². The van der Waals surface area contributed by atoms with Crippen LogP contribution in [-0.4, -0.2) is 25.4 Å². The Labute approximate surface area is 101 Å². The van der Waals surface area contributed by atoms with Crippen molar-refractivity contribution in [3.8, 4) is 5.75 Å². The summed E-state index contributed by atoms with van der Waals surface area (Å²) in [6.07, 6.45) is 2.95. The lowest BCUT2D eigenvalue weighted by molar-refractivity contribution is 0.283. The van der Waals surface area contributed by atoms with E-state index in [0.717, 1.165) is 31.5 Å². The summed E-state index contributed by atoms with van der Waals surface area (Å²) in [5, 5.41) is 12.5. The average molecular weight is 244 g/mol. The molecule has 1 aromatic carbocycles. The van der Waals surface area contributed by atoms with Gasteiger partial charge in [0.1, 0.15) is 5.75 Å². The lowest BCUT2D eigenvalue weighted by atomic mass is 10.2. The second-order valence-corrected chi connectivity index (χ2v) is 3.97. The fraction of sp³-hybridized carbons (Fsp3) is 0.500. The molecule has 3 nitrogen and oxygen atoms in total. The van der Waals surface area contributed by atoms with E-state index in [1.165, 1.54) is 0 Å². The smallest absolute Gasteiger partial charge is 0.139 e. The van der Waals surface area contributed by atoms with E-state index in [0.29, 0.717) is 10.8 Å². The van der Waals surface area contributed by atoms with Gasteiger partial charge in [0.25, 0.3) is 0 Å². The predicted molar refractivity (Wildman–Crippen MR) is 67.4 cm³/mol. The maximum atomic E-state index is 8.63. The first-order chi connectivity index (χ1) is 7.77. The fourth-order valence-electron chi connectivity index (χ4n) is 1.42. The first kappa shape index (κ1) is 13.1. The number of anilines is 1. The lowest BCUT2D eigenvalue weighted by Gasteiger charge is -2.09. The third-order valence-electron chi connectivity index (χ3n) is 2.32. The van der Waals surface area contributed by atoms with Gasteiger partial charge in [-0.05, 0) is 31.4 Å². The topological polar surface area (TPSA) is 41.5 Å². The number of unbranched alkanes of at least 4 members (excludes halogenated alkanes) is 2. The summed E-state index contributed by atoms with van der Waals surface area (Å²) in [6, 6.07) is 5.63. The summed E-state index contributed by atoms with van der Waals surface area (Å²) in [4.78, 5) is 0. The molecule has 0 spiro atoms. The van der Waals surface area contributed by atoms with Crippen molar-refractivity contribution >= 4 is 17.3 Å². The van der Waals surface area contributed by atoms with Crippen molar-refractivity contribution < 1.29 is 9.84 Å². The molecule has 0 heterocycles. The summed E-state index contributed by atoms with van der Waals surface area (Å²) < 4.78 is 5.13. The van der Waals surface area contributed by atoms with Gasteiger partial charge >= 0.3 is 0 Å². The van der Waals surface area contributed by atoms with Gasteiger partial charge in [0, 0.05) is 24.9 Å². The van der Waals surface area contributed by atoms with E-state index in [1.807, 2.05) is 18.2 Å². The van der Waals surface area contributed by atoms with Crippen LogP contribution in [-0.2, 0) is 0 Å². The zero-order valence-electron chi connectivity index (χ0n) is 9.50. The standard InChI is InChI=1S/C12H18ClNO2/c1-16-12-9-10(5-6-11(12)13)14-7-3-2-4-8-15/h5-6,9,14-15H,2-4,7-8H2,1H3. The molecule has 0 atom stereocenters. The second kappa shape index (κ2) is 7.36. The molecule has 1 aromatic rings. The van der Waals surface area contributed by atoms with E-state index in [4.69, 9.17) is 21.4 Å². The molecular weight excluding hydrogens is 226 g/mol. The Morgan fingerprint density at radius 3 is 2.81 bits per heavy atom. The Balaban J connectivity index is 2.36. The first-order valence-corrected chi connectivity index (χ1v) is 5.84. The molecule has 0 unspecified atom stereocenters. The molecule has 16 heavy (non-hydrogen) atoms. The Morgan fingerprint density at radius 1 is 1.31 bits per heavy atom. The van der Waals surface area contributed by atoms with E-state index in [2.05, 4.69) is 5.32 Å². The van der Waals surface area contributed by atoms with Crippen LogP contribution < -0.4 is 10.1 Å². The SMILES string of the molecule is COc1cc(NCCCCCO)ccc1Cl. The van der Waals surface area contributed by atoms with Crippen LogP contribution in [0.3, 0.4) is 0 Å². The van der Waals surface area contributed by atoms with Gasteiger partial charge in [0.2, 0.25) is 0 Å². The molecule has 0 aromatic heterocycles. The third-order valence-corrected chi connectivity index (χ3v) is 2.63. The summed E-state index contributed by atoms with van der Waals surface area (Å²) in [5.41, 5.74) is 1.00. The van der Waals surface area contributed by atoms with Crippen molar-refractivity contribution in [3.05, 3.63) is 23.2 Å². The van der Waals surface area contributed by atoms with Crippen LogP contribution in [0.4, 0.5) is 5.69 Å². The van der Waals surface area contributed by atoms with Gasteiger partial charge in [-0.3, -0.25) is 0 Å². The monoisotopic (exact) mass is 243 g/mol. The number of methoxy groups -OCH3 is 1. The number of ether oxygens (including phenoxy) is 1. The molecule has 0 fully saturated rings. The van der Waals surface area contributed by atoms with Crippen molar-refractivity contribution in [2.75, 3.05) is 25.6 Å². The quantitative estimate of drug-likeness (QED) is 0.724. The van der Waals surface area contributed by atoms with E-state index >= 15 is 0 Å². The van der Waals surface area contributed by atoms with Gasteiger partial charge < -0.3 is 15.2 Å². The number of rotatable bonds is 7. The number of benzene rings is 1. The Hall–Kier alpha value is -0.930. The minimum atomic E-state index is 0.273. The highest BCUT2D eigenvalue weighted by Gasteiger charge is 2.01. The van der Waals surface area contributed by atoms with Crippen LogP contribution in [0.25, 0.3) is 0 Å². The highest BCUT2D eigenvalue weighted by Crippen LogP contribution is 2.27. The van der Waals surface area contributed by atoms with Gasteiger partial charge in [0.15, 0.2) is 0 Å². The third kappa shape index (κ3) is 4.29. The van der Waals surface area contributed by atoms with E-state index < -0.39 is 0 Å². The zero-order valence-corrected chi connectivity index (χ0v) is 10.3. The molecule has 0 aliphatic rings. The molecular formula is C12H18ClNO2. The van der Waals surface area contributed by atoms with Crippen molar-refractivity contribution in [2.45, 2.75) is 19.3 Å². The van der Waals surface area contributed by atoms with Crippen LogP contribution in [0.15, 0.2) is 18.2 Å². The number of halogens is 1. The minimum Gasteiger partial charge on any atom is -0.495 e. The van der Waals surface area contributed by atoms with Crippen molar-refractivity contribution in [1.29, 1.82) is 0 Å². The summed E-state index contributed by atoms with van der Waals surface area (Å²) >= 11 is 5.92. The van der Waals surface area contributed by atoms with Crippen molar-refractivity contribution in [3.63, 3.8) is 0 Å². The zero-order chi connectivity index (χ0) is 11.8. The average Bonchev–Trinajstić information content (AvgIpc) is 2.31. The highest BCUT2D eigenvalue weighted by atomic mass is 35.5. The Bertz CT molecular complexity index is 318. The van der Waals surface area contributed by atoms with Gasteiger partial charge in [-0.25, -0.2) is 0 Å². The number of aliphatic hydroxyl groups is 1. The number of nitrogens with one attached hydrogen (secondary N) is 1. The first-order valence-electron chi connectivity index (χ1n) is 5.46. The van der Waals surface area contributed by atoms with Crippen molar-refractivity contribution in [1.82, 2.24) is 0 Å².